The van der Waals surface area contributed by atoms with E-state index in [0.29, 0.717) is 37.7 Å². The molecule has 0 saturated carbocycles. The van der Waals surface area contributed by atoms with Crippen LogP contribution >= 0.6 is 0 Å². The molecule has 0 spiro atoms. The third kappa shape index (κ3) is 4.75. The number of hydrogen-bond donors (Lipinski definition) is 1. The maximum Gasteiger partial charge on any atom is 0.255 e. The van der Waals surface area contributed by atoms with E-state index in [0.717, 1.165) is 24.2 Å². The number of pyridine rings is 2. The van der Waals surface area contributed by atoms with E-state index in [1.807, 2.05) is 30.3 Å². The molecule has 7 nitrogen and oxygen atoms in total. The van der Waals surface area contributed by atoms with Crippen LogP contribution in [0.1, 0.15) is 21.5 Å². The fourth-order valence-electron chi connectivity index (χ4n) is 3.43. The molecule has 0 bridgehead atoms. The number of benzene rings is 1. The fraction of sp³-hybridized carbons (Fsp3) is 0.261. The Hall–Kier alpha value is -3.45. The molecule has 3 heterocycles. The van der Waals surface area contributed by atoms with Crippen molar-refractivity contribution >= 4 is 11.7 Å². The molecule has 154 valence electrons. The van der Waals surface area contributed by atoms with Gasteiger partial charge in [-0.3, -0.25) is 9.59 Å². The zero-order valence-electron chi connectivity index (χ0n) is 16.7. The quantitative estimate of drug-likeness (QED) is 0.681. The van der Waals surface area contributed by atoms with E-state index in [1.54, 1.807) is 41.2 Å². The van der Waals surface area contributed by atoms with Crippen molar-refractivity contribution in [2.75, 3.05) is 31.2 Å². The predicted molar refractivity (Wildman–Crippen MR) is 115 cm³/mol. The first-order valence-corrected chi connectivity index (χ1v) is 10.00. The van der Waals surface area contributed by atoms with Gasteiger partial charge >= 0.3 is 0 Å². The molecule has 0 atom stereocenters. The maximum atomic E-state index is 12.8. The third-order valence-corrected chi connectivity index (χ3v) is 5.07. The van der Waals surface area contributed by atoms with Crippen LogP contribution in [0.5, 0.6) is 0 Å². The van der Waals surface area contributed by atoms with Crippen LogP contribution in [0.15, 0.2) is 71.8 Å². The van der Waals surface area contributed by atoms with Crippen molar-refractivity contribution < 1.29 is 9.53 Å². The molecule has 0 unspecified atom stereocenters. The number of ether oxygens (including phenoxy) is 1. The molecule has 2 aromatic heterocycles. The summed E-state index contributed by atoms with van der Waals surface area (Å²) in [7, 11) is 0. The van der Waals surface area contributed by atoms with Gasteiger partial charge in [0.05, 0.1) is 25.3 Å². The molecule has 1 aliphatic heterocycles. The number of carbonyl (C=O) groups is 1. The number of morpholine rings is 1. The van der Waals surface area contributed by atoms with Crippen molar-refractivity contribution in [2.24, 2.45) is 0 Å². The summed E-state index contributed by atoms with van der Waals surface area (Å²) in [5.74, 6) is 0.548. The lowest BCUT2D eigenvalue weighted by molar-refractivity contribution is 0.0949. The minimum Gasteiger partial charge on any atom is -0.378 e. The molecule has 7 heteroatoms. The predicted octanol–water partition coefficient (Wildman–Crippen LogP) is 2.06. The van der Waals surface area contributed by atoms with Crippen molar-refractivity contribution in [2.45, 2.75) is 13.1 Å². The third-order valence-electron chi connectivity index (χ3n) is 5.07. The monoisotopic (exact) mass is 404 g/mol. The van der Waals surface area contributed by atoms with Gasteiger partial charge in [-0.2, -0.15) is 0 Å². The standard InChI is InChI=1S/C23H24N4O3/c28-21-5-1-2-11-27(21)17-19-8-6-18(7-9-19)16-25-23(29)20-4-3-10-24-22(20)26-12-14-30-15-13-26/h1-11H,12-17H2,(H,25,29). The molecule has 1 fully saturated rings. The Balaban J connectivity index is 1.39. The van der Waals surface area contributed by atoms with E-state index in [-0.39, 0.29) is 11.5 Å². The van der Waals surface area contributed by atoms with Crippen LogP contribution in [-0.2, 0) is 17.8 Å². The molecule has 1 aliphatic rings. The topological polar surface area (TPSA) is 76.5 Å². The summed E-state index contributed by atoms with van der Waals surface area (Å²) in [6.45, 7) is 3.66. The van der Waals surface area contributed by atoms with E-state index < -0.39 is 0 Å². The van der Waals surface area contributed by atoms with Crippen LogP contribution < -0.4 is 15.8 Å². The van der Waals surface area contributed by atoms with Crippen molar-refractivity contribution in [1.82, 2.24) is 14.9 Å². The van der Waals surface area contributed by atoms with Crippen LogP contribution in [-0.4, -0.2) is 41.8 Å². The summed E-state index contributed by atoms with van der Waals surface area (Å²) in [5, 5.41) is 2.98. The number of nitrogens with one attached hydrogen (secondary N) is 1. The van der Waals surface area contributed by atoms with Gasteiger partial charge in [0, 0.05) is 38.1 Å². The molecule has 30 heavy (non-hydrogen) atoms. The SMILES string of the molecule is O=C(NCc1ccc(Cn2ccccc2=O)cc1)c1cccnc1N1CCOCC1. The summed E-state index contributed by atoms with van der Waals surface area (Å²) in [5.41, 5.74) is 2.56. The fourth-order valence-corrected chi connectivity index (χ4v) is 3.43. The molecule has 0 radical (unpaired) electrons. The number of anilines is 1. The van der Waals surface area contributed by atoms with Gasteiger partial charge in [0.25, 0.3) is 11.5 Å². The number of aromatic nitrogens is 2. The van der Waals surface area contributed by atoms with Gasteiger partial charge in [0.1, 0.15) is 5.82 Å². The van der Waals surface area contributed by atoms with Crippen molar-refractivity contribution in [1.29, 1.82) is 0 Å². The number of nitrogens with zero attached hydrogens (tertiary/aromatic N) is 3. The number of rotatable bonds is 6. The van der Waals surface area contributed by atoms with Crippen LogP contribution in [0, 0.1) is 0 Å². The van der Waals surface area contributed by atoms with Crippen molar-refractivity contribution in [3.63, 3.8) is 0 Å². The average Bonchev–Trinajstić information content (AvgIpc) is 2.80. The van der Waals surface area contributed by atoms with Crippen molar-refractivity contribution in [3.05, 3.63) is 94.0 Å². The molecule has 1 N–H and O–H groups in total. The highest BCUT2D eigenvalue weighted by Crippen LogP contribution is 2.18. The summed E-state index contributed by atoms with van der Waals surface area (Å²) in [6.07, 6.45) is 3.48. The second-order valence-electron chi connectivity index (χ2n) is 7.14. The lowest BCUT2D eigenvalue weighted by Crippen LogP contribution is -2.38. The Labute approximate surface area is 174 Å². The Kier molecular flexibility index (Phi) is 6.20. The van der Waals surface area contributed by atoms with Crippen LogP contribution in [0.4, 0.5) is 5.82 Å². The summed E-state index contributed by atoms with van der Waals surface area (Å²) < 4.78 is 7.05. The average molecular weight is 404 g/mol. The van der Waals surface area contributed by atoms with Gasteiger partial charge in [0.15, 0.2) is 0 Å². The zero-order valence-corrected chi connectivity index (χ0v) is 16.7. The molecule has 0 aliphatic carbocycles. The minimum atomic E-state index is -0.149. The van der Waals surface area contributed by atoms with Crippen LogP contribution in [0.3, 0.4) is 0 Å². The van der Waals surface area contributed by atoms with Crippen LogP contribution in [0.2, 0.25) is 0 Å². The first-order valence-electron chi connectivity index (χ1n) is 10.00. The first-order chi connectivity index (χ1) is 14.7. The van der Waals surface area contributed by atoms with Gasteiger partial charge < -0.3 is 19.5 Å². The highest BCUT2D eigenvalue weighted by molar-refractivity contribution is 5.98. The first kappa shape index (κ1) is 19.8. The number of carbonyl (C=O) groups excluding carboxylic acids is 1. The minimum absolute atomic E-state index is 0.0265. The van der Waals surface area contributed by atoms with E-state index in [4.69, 9.17) is 4.74 Å². The van der Waals surface area contributed by atoms with Gasteiger partial charge in [-0.1, -0.05) is 30.3 Å². The van der Waals surface area contributed by atoms with Gasteiger partial charge in [-0.05, 0) is 29.3 Å². The lowest BCUT2D eigenvalue weighted by Gasteiger charge is -2.29. The van der Waals surface area contributed by atoms with E-state index >= 15 is 0 Å². The van der Waals surface area contributed by atoms with Gasteiger partial charge in [-0.25, -0.2) is 4.98 Å². The second kappa shape index (κ2) is 9.37. The number of hydrogen-bond acceptors (Lipinski definition) is 5. The van der Waals surface area contributed by atoms with Gasteiger partial charge in [0.2, 0.25) is 0 Å². The largest absolute Gasteiger partial charge is 0.378 e. The van der Waals surface area contributed by atoms with E-state index in [1.165, 1.54) is 0 Å². The molecular weight excluding hydrogens is 380 g/mol. The Bertz CT molecular complexity index is 1060. The molecular formula is C23H24N4O3. The molecule has 3 aromatic rings. The molecule has 1 saturated heterocycles. The Morgan fingerprint density at radius 3 is 2.53 bits per heavy atom. The highest BCUT2D eigenvalue weighted by Gasteiger charge is 2.19. The summed E-state index contributed by atoms with van der Waals surface area (Å²) in [4.78, 5) is 31.1. The molecule has 1 aromatic carbocycles. The Morgan fingerprint density at radius 2 is 1.77 bits per heavy atom. The molecule has 4 rings (SSSR count). The second-order valence-corrected chi connectivity index (χ2v) is 7.14. The van der Waals surface area contributed by atoms with E-state index in [2.05, 4.69) is 15.2 Å². The maximum absolute atomic E-state index is 12.8. The summed E-state index contributed by atoms with van der Waals surface area (Å²) >= 11 is 0. The van der Waals surface area contributed by atoms with Gasteiger partial charge in [-0.15, -0.1) is 0 Å². The highest BCUT2D eigenvalue weighted by atomic mass is 16.5. The van der Waals surface area contributed by atoms with Crippen molar-refractivity contribution in [3.8, 4) is 0 Å². The normalized spacial score (nSPS) is 13.8. The Morgan fingerprint density at radius 1 is 1.00 bits per heavy atom. The van der Waals surface area contributed by atoms with E-state index in [9.17, 15) is 9.59 Å². The van der Waals surface area contributed by atoms with Crippen LogP contribution in [0.25, 0.3) is 0 Å². The number of amides is 1. The smallest absolute Gasteiger partial charge is 0.255 e. The zero-order chi connectivity index (χ0) is 20.8. The molecule has 1 amide bonds. The summed E-state index contributed by atoms with van der Waals surface area (Å²) in [6, 6.07) is 16.6. The lowest BCUT2D eigenvalue weighted by atomic mass is 10.1.